The number of fused-ring (bicyclic) bond motifs is 2. The van der Waals surface area contributed by atoms with E-state index in [1.54, 1.807) is 11.3 Å². The van der Waals surface area contributed by atoms with Crippen molar-refractivity contribution in [3.63, 3.8) is 0 Å². The molecular formula is C21H22N2OS. The minimum Gasteiger partial charge on any atom is -0.356 e. The number of rotatable bonds is 5. The summed E-state index contributed by atoms with van der Waals surface area (Å²) in [6.45, 7) is 0.716. The van der Waals surface area contributed by atoms with Gasteiger partial charge in [-0.1, -0.05) is 36.4 Å². The normalized spacial score (nSPS) is 16.6. The largest absolute Gasteiger partial charge is 0.356 e. The first kappa shape index (κ1) is 16.3. The molecule has 1 heterocycles. The van der Waals surface area contributed by atoms with Crippen molar-refractivity contribution < 1.29 is 4.79 Å². The van der Waals surface area contributed by atoms with Gasteiger partial charge >= 0.3 is 0 Å². The van der Waals surface area contributed by atoms with E-state index in [1.165, 1.54) is 15.8 Å². The fourth-order valence-corrected chi connectivity index (χ4v) is 4.64. The van der Waals surface area contributed by atoms with Crippen LogP contribution in [0.25, 0.3) is 10.2 Å². The third-order valence-corrected chi connectivity index (χ3v) is 5.99. The summed E-state index contributed by atoms with van der Waals surface area (Å²) in [4.78, 5) is 17.2. The number of carbonyl (C=O) groups excluding carboxylic acids is 1. The van der Waals surface area contributed by atoms with E-state index in [2.05, 4.69) is 40.6 Å². The lowest BCUT2D eigenvalue weighted by Gasteiger charge is -2.24. The number of aromatic nitrogens is 1. The van der Waals surface area contributed by atoms with E-state index in [0.29, 0.717) is 6.54 Å². The fourth-order valence-electron chi connectivity index (χ4n) is 3.63. The molecule has 128 valence electrons. The molecule has 1 N–H and O–H groups in total. The quantitative estimate of drug-likeness (QED) is 0.690. The number of nitrogens with one attached hydrogen (secondary N) is 1. The van der Waals surface area contributed by atoms with Crippen LogP contribution in [0.15, 0.2) is 48.5 Å². The van der Waals surface area contributed by atoms with Gasteiger partial charge in [0.2, 0.25) is 5.91 Å². The molecule has 1 aliphatic carbocycles. The smallest absolute Gasteiger partial charge is 0.227 e. The van der Waals surface area contributed by atoms with Crippen molar-refractivity contribution in [1.82, 2.24) is 10.3 Å². The summed E-state index contributed by atoms with van der Waals surface area (Å²) in [5.74, 6) is 0.198. The molecule has 1 unspecified atom stereocenters. The van der Waals surface area contributed by atoms with Crippen molar-refractivity contribution >= 4 is 27.5 Å². The average Bonchev–Trinajstić information content (AvgIpc) is 3.07. The molecule has 2 aromatic carbocycles. The number of hydrogen-bond acceptors (Lipinski definition) is 3. The molecule has 0 aliphatic heterocycles. The van der Waals surface area contributed by atoms with Crippen LogP contribution in [0.3, 0.4) is 0 Å². The molecule has 1 amide bonds. The van der Waals surface area contributed by atoms with Gasteiger partial charge in [0, 0.05) is 13.0 Å². The van der Waals surface area contributed by atoms with E-state index < -0.39 is 0 Å². The zero-order chi connectivity index (χ0) is 17.1. The fraction of sp³-hybridized carbons (Fsp3) is 0.333. The number of hydrogen-bond donors (Lipinski definition) is 1. The molecule has 3 nitrogen and oxygen atoms in total. The van der Waals surface area contributed by atoms with Crippen molar-refractivity contribution in [3.8, 4) is 0 Å². The number of amides is 1. The summed E-state index contributed by atoms with van der Waals surface area (Å²) in [7, 11) is 0. The Labute approximate surface area is 152 Å². The first-order chi connectivity index (χ1) is 12.3. The zero-order valence-corrected chi connectivity index (χ0v) is 15.0. The van der Waals surface area contributed by atoms with Crippen LogP contribution in [-0.2, 0) is 17.6 Å². The highest BCUT2D eigenvalue weighted by Gasteiger charge is 2.25. The monoisotopic (exact) mass is 350 g/mol. The summed E-state index contributed by atoms with van der Waals surface area (Å²) in [6, 6.07) is 16.6. The van der Waals surface area contributed by atoms with E-state index in [0.717, 1.165) is 42.6 Å². The van der Waals surface area contributed by atoms with Crippen LogP contribution >= 0.6 is 11.3 Å². The van der Waals surface area contributed by atoms with Crippen LogP contribution in [0.2, 0.25) is 0 Å². The van der Waals surface area contributed by atoms with E-state index >= 15 is 0 Å². The lowest BCUT2D eigenvalue weighted by atomic mass is 9.82. The Hall–Kier alpha value is -2.20. The number of carbonyl (C=O) groups is 1. The van der Waals surface area contributed by atoms with Gasteiger partial charge in [-0.25, -0.2) is 4.98 Å². The lowest BCUT2D eigenvalue weighted by molar-refractivity contribution is -0.122. The Balaban J connectivity index is 1.31. The maximum atomic E-state index is 12.6. The Morgan fingerprint density at radius 1 is 1.16 bits per heavy atom. The molecule has 1 aliphatic rings. The summed E-state index contributed by atoms with van der Waals surface area (Å²) >= 11 is 1.75. The third-order valence-electron chi connectivity index (χ3n) is 4.89. The lowest BCUT2D eigenvalue weighted by Crippen LogP contribution is -2.32. The van der Waals surface area contributed by atoms with E-state index in [9.17, 15) is 4.79 Å². The van der Waals surface area contributed by atoms with E-state index in [4.69, 9.17) is 0 Å². The van der Waals surface area contributed by atoms with Gasteiger partial charge in [0.25, 0.3) is 0 Å². The minimum atomic E-state index is 0.0207. The first-order valence-electron chi connectivity index (χ1n) is 9.01. The van der Waals surface area contributed by atoms with Crippen molar-refractivity contribution in [2.45, 2.75) is 38.0 Å². The van der Waals surface area contributed by atoms with Crippen LogP contribution in [0.4, 0.5) is 0 Å². The van der Waals surface area contributed by atoms with Crippen LogP contribution in [0.1, 0.15) is 41.3 Å². The molecular weight excluding hydrogens is 328 g/mol. The number of benzene rings is 2. The highest BCUT2D eigenvalue weighted by molar-refractivity contribution is 7.18. The highest BCUT2D eigenvalue weighted by Crippen LogP contribution is 2.31. The predicted octanol–water partition coefficient (Wildman–Crippen LogP) is 4.47. The molecule has 3 aromatic rings. The second kappa shape index (κ2) is 7.36. The van der Waals surface area contributed by atoms with Gasteiger partial charge in [-0.15, -0.1) is 11.3 Å². The molecule has 0 saturated heterocycles. The third kappa shape index (κ3) is 3.59. The Bertz CT molecular complexity index is 853. The Morgan fingerprint density at radius 3 is 2.92 bits per heavy atom. The van der Waals surface area contributed by atoms with Crippen LogP contribution < -0.4 is 5.32 Å². The maximum Gasteiger partial charge on any atom is 0.227 e. The molecule has 0 spiro atoms. The highest BCUT2D eigenvalue weighted by atomic mass is 32.1. The van der Waals surface area contributed by atoms with Gasteiger partial charge in [0.1, 0.15) is 0 Å². The van der Waals surface area contributed by atoms with Crippen LogP contribution in [0, 0.1) is 0 Å². The van der Waals surface area contributed by atoms with Crippen molar-refractivity contribution in [1.29, 1.82) is 0 Å². The first-order valence-corrected chi connectivity index (χ1v) is 9.83. The van der Waals surface area contributed by atoms with Gasteiger partial charge < -0.3 is 5.32 Å². The molecule has 4 rings (SSSR count). The zero-order valence-electron chi connectivity index (χ0n) is 14.2. The van der Waals surface area contributed by atoms with E-state index in [-0.39, 0.29) is 11.8 Å². The summed E-state index contributed by atoms with van der Waals surface area (Å²) in [6.07, 6.45) is 5.00. The molecule has 0 fully saturated rings. The van der Waals surface area contributed by atoms with Crippen molar-refractivity contribution in [2.75, 3.05) is 6.54 Å². The molecule has 25 heavy (non-hydrogen) atoms. The van der Waals surface area contributed by atoms with Crippen molar-refractivity contribution in [2.24, 2.45) is 0 Å². The standard InChI is InChI=1S/C21H22N2OS/c24-21(17-10-5-8-15-7-1-2-9-16(15)17)22-14-6-13-20-23-18-11-3-4-12-19(18)25-20/h1-4,7,9,11-12,17H,5-6,8,10,13-14H2,(H,22,24). The Kier molecular flexibility index (Phi) is 4.79. The minimum absolute atomic E-state index is 0.0207. The average molecular weight is 350 g/mol. The predicted molar refractivity (Wildman–Crippen MR) is 103 cm³/mol. The van der Waals surface area contributed by atoms with Gasteiger partial charge in [-0.3, -0.25) is 4.79 Å². The number of nitrogens with zero attached hydrogens (tertiary/aromatic N) is 1. The molecule has 1 atom stereocenters. The number of thiazole rings is 1. The molecule has 0 bridgehead atoms. The SMILES string of the molecule is O=C(NCCCc1nc2ccccc2s1)C1CCCc2ccccc21. The summed E-state index contributed by atoms with van der Waals surface area (Å²) in [5.41, 5.74) is 3.63. The summed E-state index contributed by atoms with van der Waals surface area (Å²) < 4.78 is 1.24. The van der Waals surface area contributed by atoms with Gasteiger partial charge in [0.05, 0.1) is 21.1 Å². The van der Waals surface area contributed by atoms with Crippen LogP contribution in [-0.4, -0.2) is 17.4 Å². The molecule has 1 aromatic heterocycles. The van der Waals surface area contributed by atoms with E-state index in [1.807, 2.05) is 18.2 Å². The van der Waals surface area contributed by atoms with Gasteiger partial charge in [-0.2, -0.15) is 0 Å². The summed E-state index contributed by atoms with van der Waals surface area (Å²) in [5, 5.41) is 4.29. The molecule has 0 radical (unpaired) electrons. The number of aryl methyl sites for hydroxylation is 2. The molecule has 4 heteroatoms. The second-order valence-corrected chi connectivity index (χ2v) is 7.73. The number of para-hydroxylation sites is 1. The molecule has 0 saturated carbocycles. The van der Waals surface area contributed by atoms with Gasteiger partial charge in [-0.05, 0) is 48.9 Å². The van der Waals surface area contributed by atoms with Crippen LogP contribution in [0.5, 0.6) is 0 Å². The maximum absolute atomic E-state index is 12.6. The topological polar surface area (TPSA) is 42.0 Å². The van der Waals surface area contributed by atoms with Crippen molar-refractivity contribution in [3.05, 3.63) is 64.7 Å². The van der Waals surface area contributed by atoms with Gasteiger partial charge in [0.15, 0.2) is 0 Å². The Morgan fingerprint density at radius 2 is 2.00 bits per heavy atom. The second-order valence-electron chi connectivity index (χ2n) is 6.61.